The summed E-state index contributed by atoms with van der Waals surface area (Å²) in [6.45, 7) is 9.60. The van der Waals surface area contributed by atoms with Crippen LogP contribution in [0.2, 0.25) is 0 Å². The van der Waals surface area contributed by atoms with Gasteiger partial charge in [0.25, 0.3) is 5.95 Å². The summed E-state index contributed by atoms with van der Waals surface area (Å²) in [5.74, 6) is 2.13. The van der Waals surface area contributed by atoms with Gasteiger partial charge in [-0.3, -0.25) is 10.4 Å². The minimum Gasteiger partial charge on any atom is -0.490 e. The number of benzene rings is 2. The van der Waals surface area contributed by atoms with Gasteiger partial charge in [-0.1, -0.05) is 38.8 Å². The van der Waals surface area contributed by atoms with Gasteiger partial charge in [0.15, 0.2) is 11.7 Å². The second-order valence-corrected chi connectivity index (χ2v) is 10.2. The Bertz CT molecular complexity index is 1570. The molecule has 1 aliphatic carbocycles. The summed E-state index contributed by atoms with van der Waals surface area (Å²) in [7, 11) is 0. The van der Waals surface area contributed by atoms with Crippen molar-refractivity contribution in [2.75, 3.05) is 5.32 Å². The number of ether oxygens (including phenoxy) is 1. The van der Waals surface area contributed by atoms with Gasteiger partial charge in [0.1, 0.15) is 11.8 Å². The Morgan fingerprint density at radius 1 is 1.24 bits per heavy atom. The van der Waals surface area contributed by atoms with Crippen LogP contribution in [0, 0.1) is 11.3 Å². The first kappa shape index (κ1) is 27.7. The third kappa shape index (κ3) is 6.84. The van der Waals surface area contributed by atoms with Crippen molar-refractivity contribution in [1.29, 1.82) is 5.41 Å². The average Bonchev–Trinajstić information content (AvgIpc) is 3.73. The second-order valence-electron chi connectivity index (χ2n) is 10.2. The van der Waals surface area contributed by atoms with Gasteiger partial charge < -0.3 is 10.1 Å². The molecule has 5 rings (SSSR count). The third-order valence-corrected chi connectivity index (χ3v) is 7.00. The summed E-state index contributed by atoms with van der Waals surface area (Å²) in [6.07, 6.45) is 10.7. The number of aromatic nitrogens is 5. The molecule has 2 aromatic carbocycles. The monoisotopic (exact) mass is 550 g/mol. The maximum Gasteiger partial charge on any atom is 0.350 e. The van der Waals surface area contributed by atoms with E-state index < -0.39 is 11.7 Å². The lowest BCUT2D eigenvalue weighted by Gasteiger charge is -2.22. The number of nitrogens with one attached hydrogen (secondary N) is 3. The highest BCUT2D eigenvalue weighted by Gasteiger charge is 2.27. The zero-order valence-electron chi connectivity index (χ0n) is 23.1. The first-order chi connectivity index (χ1) is 20.0. The third-order valence-electron chi connectivity index (χ3n) is 7.00. The van der Waals surface area contributed by atoms with Crippen LogP contribution in [0.1, 0.15) is 67.6 Å². The van der Waals surface area contributed by atoms with Crippen LogP contribution in [0.4, 0.5) is 5.69 Å². The van der Waals surface area contributed by atoms with E-state index in [1.165, 1.54) is 12.8 Å². The van der Waals surface area contributed by atoms with E-state index in [0.29, 0.717) is 11.4 Å². The molecule has 10 heteroatoms. The number of H-pyrrole nitrogens is 1. The van der Waals surface area contributed by atoms with Gasteiger partial charge >= 0.3 is 5.69 Å². The quantitative estimate of drug-likeness (QED) is 0.147. The Morgan fingerprint density at radius 2 is 2.00 bits per heavy atom. The van der Waals surface area contributed by atoms with Gasteiger partial charge in [0.2, 0.25) is 0 Å². The molecule has 0 bridgehead atoms. The van der Waals surface area contributed by atoms with Crippen LogP contribution in [0.15, 0.2) is 77.3 Å². The molecule has 1 saturated carbocycles. The Morgan fingerprint density at radius 3 is 2.66 bits per heavy atom. The molecule has 0 radical (unpaired) electrons. The highest BCUT2D eigenvalue weighted by atomic mass is 16.5. The number of anilines is 1. The Kier molecular flexibility index (Phi) is 8.47. The van der Waals surface area contributed by atoms with Crippen molar-refractivity contribution < 1.29 is 4.74 Å². The van der Waals surface area contributed by atoms with Crippen LogP contribution >= 0.6 is 0 Å². The van der Waals surface area contributed by atoms with E-state index in [4.69, 9.17) is 10.1 Å². The Balaban J connectivity index is 1.54. The number of amidine groups is 1. The second kappa shape index (κ2) is 12.5. The van der Waals surface area contributed by atoms with Gasteiger partial charge in [0.05, 0.1) is 6.10 Å². The number of aromatic amines is 1. The molecule has 1 aliphatic rings. The standard InChI is InChI=1S/C31H34N8O2/c1-4-7-25(18-21-8-9-21)41-26-17-20(5-2)16-23(19-26)27(36-24-12-10-22(11-13-24)28(32)33-3)29-37-31(40)39(38-29)30-34-14-6-15-35-30/h5-6,10-17,19,21,25,27,32,36H,2-4,7-9,18H2,1H3,(H,37,38,40)/t25-,27?/m0/s1. The summed E-state index contributed by atoms with van der Waals surface area (Å²) in [4.78, 5) is 27.9. The minimum absolute atomic E-state index is 0.0901. The molecular formula is C31H34N8O2. The number of hydrogen-bond donors (Lipinski definition) is 3. The SMILES string of the molecule is C=Cc1cc(O[C@@H](CCC)CC2CC2)cc(C(Nc2ccc(C(=N)N=C)cc2)c2nn(-c3ncccn3)c(=O)[nH]2)c1. The Hall–Kier alpha value is -4.86. The predicted molar refractivity (Wildman–Crippen MR) is 161 cm³/mol. The molecule has 0 aliphatic heterocycles. The van der Waals surface area contributed by atoms with E-state index in [2.05, 4.69) is 50.6 Å². The van der Waals surface area contributed by atoms with Crippen molar-refractivity contribution in [1.82, 2.24) is 24.7 Å². The molecular weight excluding hydrogens is 516 g/mol. The van der Waals surface area contributed by atoms with E-state index in [1.807, 2.05) is 30.3 Å². The van der Waals surface area contributed by atoms with E-state index in [1.54, 1.807) is 36.7 Å². The van der Waals surface area contributed by atoms with Crippen molar-refractivity contribution in [2.24, 2.45) is 10.9 Å². The normalized spacial score (nSPS) is 14.2. The van der Waals surface area contributed by atoms with E-state index in [0.717, 1.165) is 52.4 Å². The molecule has 2 aromatic heterocycles. The smallest absolute Gasteiger partial charge is 0.350 e. The number of aliphatic imine (C=N–C) groups is 1. The highest BCUT2D eigenvalue weighted by molar-refractivity contribution is 5.99. The van der Waals surface area contributed by atoms with Crippen LogP contribution in [-0.2, 0) is 0 Å². The molecule has 1 unspecified atom stereocenters. The summed E-state index contributed by atoms with van der Waals surface area (Å²) in [5.41, 5.74) is 2.66. The van der Waals surface area contributed by atoms with Crippen molar-refractivity contribution in [2.45, 2.75) is 51.2 Å². The molecule has 0 saturated heterocycles. The lowest BCUT2D eigenvalue weighted by atomic mass is 10.0. The molecule has 4 aromatic rings. The highest BCUT2D eigenvalue weighted by Crippen LogP contribution is 2.36. The van der Waals surface area contributed by atoms with Crippen molar-refractivity contribution in [3.8, 4) is 11.7 Å². The molecule has 3 N–H and O–H groups in total. The first-order valence-corrected chi connectivity index (χ1v) is 13.8. The summed E-state index contributed by atoms with van der Waals surface area (Å²) in [5, 5.41) is 16.0. The van der Waals surface area contributed by atoms with Gasteiger partial charge in [-0.15, -0.1) is 9.78 Å². The largest absolute Gasteiger partial charge is 0.490 e. The zero-order chi connectivity index (χ0) is 28.8. The van der Waals surface area contributed by atoms with Crippen molar-refractivity contribution >= 4 is 24.3 Å². The Labute approximate surface area is 238 Å². The lowest BCUT2D eigenvalue weighted by molar-refractivity contribution is 0.172. The first-order valence-electron chi connectivity index (χ1n) is 13.8. The lowest BCUT2D eigenvalue weighted by Crippen LogP contribution is -2.18. The maximum atomic E-state index is 13.0. The van der Waals surface area contributed by atoms with Crippen molar-refractivity contribution in [3.05, 3.63) is 101 Å². The molecule has 0 spiro atoms. The number of rotatable bonds is 13. The molecule has 2 heterocycles. The zero-order valence-corrected chi connectivity index (χ0v) is 23.1. The van der Waals surface area contributed by atoms with E-state index in [9.17, 15) is 4.79 Å². The van der Waals surface area contributed by atoms with E-state index >= 15 is 0 Å². The molecule has 41 heavy (non-hydrogen) atoms. The molecule has 0 amide bonds. The summed E-state index contributed by atoms with van der Waals surface area (Å²) >= 11 is 0. The number of nitrogens with zero attached hydrogens (tertiary/aromatic N) is 5. The summed E-state index contributed by atoms with van der Waals surface area (Å²) in [6, 6.07) is 14.4. The molecule has 1 fully saturated rings. The number of hydrogen-bond acceptors (Lipinski definition) is 7. The molecule has 10 nitrogen and oxygen atoms in total. The van der Waals surface area contributed by atoms with Gasteiger partial charge in [0, 0.05) is 23.6 Å². The fourth-order valence-electron chi connectivity index (χ4n) is 4.76. The van der Waals surface area contributed by atoms with Crippen molar-refractivity contribution in [3.63, 3.8) is 0 Å². The predicted octanol–water partition coefficient (Wildman–Crippen LogP) is 5.57. The van der Waals surface area contributed by atoms with Crippen LogP contribution < -0.4 is 15.7 Å². The average molecular weight is 551 g/mol. The van der Waals surface area contributed by atoms with Gasteiger partial charge in [-0.2, -0.15) is 0 Å². The fraction of sp³-hybridized carbons (Fsp3) is 0.290. The minimum atomic E-state index is -0.564. The summed E-state index contributed by atoms with van der Waals surface area (Å²) < 4.78 is 7.69. The van der Waals surface area contributed by atoms with Crippen LogP contribution in [0.3, 0.4) is 0 Å². The van der Waals surface area contributed by atoms with Crippen LogP contribution in [0.5, 0.6) is 5.75 Å². The van der Waals surface area contributed by atoms with Crippen LogP contribution in [-0.4, -0.2) is 43.4 Å². The topological polar surface area (TPSA) is 134 Å². The van der Waals surface area contributed by atoms with E-state index in [-0.39, 0.29) is 17.9 Å². The van der Waals surface area contributed by atoms with Gasteiger partial charge in [-0.25, -0.2) is 19.8 Å². The maximum absolute atomic E-state index is 13.0. The fourth-order valence-corrected chi connectivity index (χ4v) is 4.76. The molecule has 2 atom stereocenters. The van der Waals surface area contributed by atoms with Gasteiger partial charge in [-0.05, 0) is 85.1 Å². The molecule has 210 valence electrons. The van der Waals surface area contributed by atoms with Crippen LogP contribution in [0.25, 0.3) is 12.0 Å².